The van der Waals surface area contributed by atoms with E-state index in [-0.39, 0.29) is 24.8 Å². The number of aliphatic carboxylic acids is 1. The third-order valence-corrected chi connectivity index (χ3v) is 3.74. The quantitative estimate of drug-likeness (QED) is 0.736. The molecular formula is C16H22BrNO4. The lowest BCUT2D eigenvalue weighted by atomic mass is 9.97. The zero-order chi connectivity index (χ0) is 16.7. The minimum atomic E-state index is -0.881. The van der Waals surface area contributed by atoms with Crippen molar-refractivity contribution in [1.82, 2.24) is 5.32 Å². The van der Waals surface area contributed by atoms with Gasteiger partial charge in [0.2, 0.25) is 5.91 Å². The van der Waals surface area contributed by atoms with E-state index in [1.807, 2.05) is 26.0 Å². The van der Waals surface area contributed by atoms with Gasteiger partial charge in [-0.05, 0) is 30.5 Å². The van der Waals surface area contributed by atoms with Crippen molar-refractivity contribution in [3.8, 4) is 5.75 Å². The molecule has 122 valence electrons. The number of carboxylic acids is 1. The number of hydrogen-bond acceptors (Lipinski definition) is 3. The Morgan fingerprint density at radius 2 is 2.05 bits per heavy atom. The molecular weight excluding hydrogens is 350 g/mol. The molecule has 1 atom stereocenters. The lowest BCUT2D eigenvalue weighted by Gasteiger charge is -2.16. The molecule has 0 aliphatic heterocycles. The Labute approximate surface area is 139 Å². The van der Waals surface area contributed by atoms with Crippen molar-refractivity contribution in [2.45, 2.75) is 26.7 Å². The first-order chi connectivity index (χ1) is 10.3. The molecule has 22 heavy (non-hydrogen) atoms. The highest BCUT2D eigenvalue weighted by atomic mass is 79.9. The van der Waals surface area contributed by atoms with Crippen molar-refractivity contribution in [3.63, 3.8) is 0 Å². The molecule has 1 rings (SSSR count). The summed E-state index contributed by atoms with van der Waals surface area (Å²) in [7, 11) is 1.55. The zero-order valence-electron chi connectivity index (χ0n) is 13.1. The van der Waals surface area contributed by atoms with Gasteiger partial charge < -0.3 is 15.2 Å². The Hall–Kier alpha value is -1.56. The minimum Gasteiger partial charge on any atom is -0.496 e. The molecule has 5 nitrogen and oxygen atoms in total. The van der Waals surface area contributed by atoms with Crippen LogP contribution in [-0.2, 0) is 16.0 Å². The van der Waals surface area contributed by atoms with E-state index in [1.165, 1.54) is 0 Å². The van der Waals surface area contributed by atoms with Crippen LogP contribution >= 0.6 is 15.9 Å². The van der Waals surface area contributed by atoms with E-state index in [2.05, 4.69) is 21.2 Å². The SMILES string of the molecule is COc1ccc(Br)cc1CC(=O)NCC(CC(C)C)C(=O)O. The standard InChI is InChI=1S/C16H22BrNO4/c1-10(2)6-12(16(20)21)9-18-15(19)8-11-7-13(17)4-5-14(11)22-3/h4-5,7,10,12H,6,8-9H2,1-3H3,(H,18,19)(H,20,21). The Bertz CT molecular complexity index is 531. The molecule has 1 amide bonds. The normalized spacial score (nSPS) is 12.0. The highest BCUT2D eigenvalue weighted by Gasteiger charge is 2.20. The van der Waals surface area contributed by atoms with E-state index in [1.54, 1.807) is 13.2 Å². The van der Waals surface area contributed by atoms with Crippen LogP contribution in [0, 0.1) is 11.8 Å². The highest BCUT2D eigenvalue weighted by Crippen LogP contribution is 2.23. The van der Waals surface area contributed by atoms with Crippen molar-refractivity contribution in [2.24, 2.45) is 11.8 Å². The topological polar surface area (TPSA) is 75.6 Å². The van der Waals surface area contributed by atoms with Crippen LogP contribution in [0.4, 0.5) is 0 Å². The van der Waals surface area contributed by atoms with Gasteiger partial charge in [-0.15, -0.1) is 0 Å². The number of hydrogen-bond donors (Lipinski definition) is 2. The van der Waals surface area contributed by atoms with Gasteiger partial charge in [-0.25, -0.2) is 0 Å². The third kappa shape index (κ3) is 6.05. The van der Waals surface area contributed by atoms with Crippen LogP contribution in [0.2, 0.25) is 0 Å². The largest absolute Gasteiger partial charge is 0.496 e. The van der Waals surface area contributed by atoms with Gasteiger partial charge in [-0.2, -0.15) is 0 Å². The molecule has 0 bridgehead atoms. The van der Waals surface area contributed by atoms with Crippen LogP contribution in [-0.4, -0.2) is 30.6 Å². The Morgan fingerprint density at radius 1 is 1.36 bits per heavy atom. The Kier molecular flexibility index (Phi) is 7.38. The van der Waals surface area contributed by atoms with Crippen molar-refractivity contribution >= 4 is 27.8 Å². The van der Waals surface area contributed by atoms with Crippen LogP contribution in [0.3, 0.4) is 0 Å². The molecule has 0 aliphatic carbocycles. The smallest absolute Gasteiger partial charge is 0.308 e. The molecule has 0 saturated carbocycles. The molecule has 1 aromatic carbocycles. The molecule has 1 aromatic rings. The van der Waals surface area contributed by atoms with Gasteiger partial charge in [0.05, 0.1) is 19.4 Å². The fourth-order valence-corrected chi connectivity index (χ4v) is 2.61. The number of ether oxygens (including phenoxy) is 1. The molecule has 0 spiro atoms. The van der Waals surface area contributed by atoms with Gasteiger partial charge in [-0.1, -0.05) is 29.8 Å². The summed E-state index contributed by atoms with van der Waals surface area (Å²) in [6.07, 6.45) is 0.687. The van der Waals surface area contributed by atoms with E-state index in [0.29, 0.717) is 12.2 Å². The maximum Gasteiger partial charge on any atom is 0.308 e. The lowest BCUT2D eigenvalue weighted by Crippen LogP contribution is -2.34. The summed E-state index contributed by atoms with van der Waals surface area (Å²) in [6.45, 7) is 4.07. The van der Waals surface area contributed by atoms with Crippen molar-refractivity contribution < 1.29 is 19.4 Å². The molecule has 2 N–H and O–H groups in total. The number of carboxylic acid groups (broad SMARTS) is 1. The van der Waals surface area contributed by atoms with E-state index in [4.69, 9.17) is 9.84 Å². The summed E-state index contributed by atoms with van der Waals surface area (Å²) in [6, 6.07) is 5.44. The van der Waals surface area contributed by atoms with Gasteiger partial charge >= 0.3 is 5.97 Å². The molecule has 6 heteroatoms. The van der Waals surface area contributed by atoms with Gasteiger partial charge in [0, 0.05) is 16.6 Å². The van der Waals surface area contributed by atoms with E-state index in [9.17, 15) is 9.59 Å². The number of rotatable bonds is 8. The van der Waals surface area contributed by atoms with Crippen LogP contribution < -0.4 is 10.1 Å². The molecule has 0 fully saturated rings. The molecule has 1 unspecified atom stereocenters. The predicted molar refractivity (Wildman–Crippen MR) is 88.0 cm³/mol. The average molecular weight is 372 g/mol. The second kappa shape index (κ2) is 8.78. The summed E-state index contributed by atoms with van der Waals surface area (Å²) < 4.78 is 6.08. The molecule has 0 radical (unpaired) electrons. The summed E-state index contributed by atoms with van der Waals surface area (Å²) in [5, 5.41) is 11.9. The zero-order valence-corrected chi connectivity index (χ0v) is 14.6. The van der Waals surface area contributed by atoms with Gasteiger partial charge in [0.25, 0.3) is 0 Å². The summed E-state index contributed by atoms with van der Waals surface area (Å²) in [4.78, 5) is 23.2. The first-order valence-corrected chi connectivity index (χ1v) is 7.94. The predicted octanol–water partition coefficient (Wildman–Crippen LogP) is 2.86. The monoisotopic (exact) mass is 371 g/mol. The van der Waals surface area contributed by atoms with Crippen LogP contribution in [0.25, 0.3) is 0 Å². The minimum absolute atomic E-state index is 0.142. The first-order valence-electron chi connectivity index (χ1n) is 7.15. The van der Waals surface area contributed by atoms with Crippen molar-refractivity contribution in [2.75, 3.05) is 13.7 Å². The molecule has 0 aromatic heterocycles. The number of carbonyl (C=O) groups excluding carboxylic acids is 1. The fourth-order valence-electron chi connectivity index (χ4n) is 2.20. The van der Waals surface area contributed by atoms with Crippen LogP contribution in [0.15, 0.2) is 22.7 Å². The summed E-state index contributed by atoms with van der Waals surface area (Å²) in [5.41, 5.74) is 0.755. The van der Waals surface area contributed by atoms with Gasteiger partial charge in [-0.3, -0.25) is 9.59 Å². The first kappa shape index (κ1) is 18.5. The summed E-state index contributed by atoms with van der Waals surface area (Å²) >= 11 is 3.36. The number of halogens is 1. The van der Waals surface area contributed by atoms with E-state index in [0.717, 1.165) is 10.0 Å². The maximum absolute atomic E-state index is 12.0. The van der Waals surface area contributed by atoms with E-state index < -0.39 is 11.9 Å². The number of methoxy groups -OCH3 is 1. The molecule has 0 heterocycles. The number of nitrogens with one attached hydrogen (secondary N) is 1. The number of carbonyl (C=O) groups is 2. The highest BCUT2D eigenvalue weighted by molar-refractivity contribution is 9.10. The average Bonchev–Trinajstić information content (AvgIpc) is 2.43. The maximum atomic E-state index is 12.0. The van der Waals surface area contributed by atoms with E-state index >= 15 is 0 Å². The number of amides is 1. The lowest BCUT2D eigenvalue weighted by molar-refractivity contribution is -0.142. The summed E-state index contributed by atoms with van der Waals surface area (Å²) in [5.74, 6) is -0.757. The van der Waals surface area contributed by atoms with Crippen molar-refractivity contribution in [1.29, 1.82) is 0 Å². The molecule has 0 aliphatic rings. The second-order valence-corrected chi connectivity index (χ2v) is 6.52. The van der Waals surface area contributed by atoms with Crippen LogP contribution in [0.5, 0.6) is 5.75 Å². The fraction of sp³-hybridized carbons (Fsp3) is 0.500. The number of benzene rings is 1. The van der Waals surface area contributed by atoms with Gasteiger partial charge in [0.15, 0.2) is 0 Å². The third-order valence-electron chi connectivity index (χ3n) is 3.24. The van der Waals surface area contributed by atoms with Crippen molar-refractivity contribution in [3.05, 3.63) is 28.2 Å². The Balaban J connectivity index is 2.62. The molecule has 0 saturated heterocycles. The second-order valence-electron chi connectivity index (χ2n) is 5.60. The van der Waals surface area contributed by atoms with Crippen LogP contribution in [0.1, 0.15) is 25.8 Å². The van der Waals surface area contributed by atoms with Gasteiger partial charge in [0.1, 0.15) is 5.75 Å². The Morgan fingerprint density at radius 3 is 2.59 bits per heavy atom.